The van der Waals surface area contributed by atoms with Gasteiger partial charge in [-0.15, -0.1) is 0 Å². The van der Waals surface area contributed by atoms with Gasteiger partial charge in [0.05, 0.1) is 5.92 Å². The Bertz CT molecular complexity index is 305. The molecule has 0 aromatic carbocycles. The van der Waals surface area contributed by atoms with E-state index in [-0.39, 0.29) is 23.3 Å². The monoisotopic (exact) mass is 263 g/mol. The summed E-state index contributed by atoms with van der Waals surface area (Å²) in [6, 6.07) is 0.387. The Morgan fingerprint density at radius 1 is 1.00 bits per heavy atom. The van der Waals surface area contributed by atoms with Gasteiger partial charge in [0.25, 0.3) is 0 Å². The minimum Gasteiger partial charge on any atom is -0.310 e. The lowest BCUT2D eigenvalue weighted by atomic mass is 9.85. The molecule has 4 heteroatoms. The summed E-state index contributed by atoms with van der Waals surface area (Å²) in [6.07, 6.45) is -1.88. The zero-order valence-corrected chi connectivity index (χ0v) is 11.7. The molecule has 0 saturated heterocycles. The molecule has 0 aliphatic heterocycles. The molecule has 0 radical (unpaired) electrons. The Hall–Kier alpha value is -0.250. The van der Waals surface area contributed by atoms with Crippen LogP contribution in [-0.2, 0) is 0 Å². The number of halogens is 3. The van der Waals surface area contributed by atoms with E-state index in [1.165, 1.54) is 0 Å². The van der Waals surface area contributed by atoms with E-state index in [4.69, 9.17) is 0 Å². The average Bonchev–Trinajstić information content (AvgIpc) is 2.60. The standard InChI is InChI=1S/C14H24F3N/c1-12(2)11(13(12,3)4)18-10-7-5-6-9(8-10)14(15,16)17/h9-11,18H,5-8H2,1-4H3. The van der Waals surface area contributed by atoms with Crippen LogP contribution < -0.4 is 5.32 Å². The van der Waals surface area contributed by atoms with Crippen molar-refractivity contribution in [1.29, 1.82) is 0 Å². The van der Waals surface area contributed by atoms with Crippen LogP contribution in [0.1, 0.15) is 53.4 Å². The molecule has 2 fully saturated rings. The van der Waals surface area contributed by atoms with Crippen LogP contribution in [0.5, 0.6) is 0 Å². The highest BCUT2D eigenvalue weighted by Crippen LogP contribution is 2.63. The highest BCUT2D eigenvalue weighted by Gasteiger charge is 2.65. The summed E-state index contributed by atoms with van der Waals surface area (Å²) in [7, 11) is 0. The first-order valence-electron chi connectivity index (χ1n) is 6.89. The van der Waals surface area contributed by atoms with E-state index >= 15 is 0 Å². The normalized spacial score (nSPS) is 35.5. The van der Waals surface area contributed by atoms with Gasteiger partial charge in [-0.25, -0.2) is 0 Å². The van der Waals surface area contributed by atoms with Crippen LogP contribution in [0.3, 0.4) is 0 Å². The van der Waals surface area contributed by atoms with Crippen molar-refractivity contribution in [1.82, 2.24) is 5.32 Å². The molecule has 1 nitrogen and oxygen atoms in total. The second-order valence-corrected chi connectivity index (χ2v) is 7.15. The van der Waals surface area contributed by atoms with Crippen LogP contribution in [-0.4, -0.2) is 18.3 Å². The van der Waals surface area contributed by atoms with Crippen molar-refractivity contribution in [3.63, 3.8) is 0 Å². The van der Waals surface area contributed by atoms with Crippen molar-refractivity contribution >= 4 is 0 Å². The maximum absolute atomic E-state index is 12.7. The lowest BCUT2D eigenvalue weighted by Crippen LogP contribution is -2.41. The Morgan fingerprint density at radius 2 is 1.56 bits per heavy atom. The molecule has 2 aliphatic carbocycles. The van der Waals surface area contributed by atoms with Crippen LogP contribution in [0.15, 0.2) is 0 Å². The third kappa shape index (κ3) is 2.28. The molecule has 0 heterocycles. The zero-order chi connectivity index (χ0) is 13.8. The Balaban J connectivity index is 1.92. The quantitative estimate of drug-likeness (QED) is 0.789. The summed E-state index contributed by atoms with van der Waals surface area (Å²) in [6.45, 7) is 8.76. The van der Waals surface area contributed by atoms with Crippen molar-refractivity contribution < 1.29 is 13.2 Å². The fourth-order valence-electron chi connectivity index (χ4n) is 3.49. The van der Waals surface area contributed by atoms with E-state index < -0.39 is 12.1 Å². The third-order valence-corrected chi connectivity index (χ3v) is 5.56. The highest BCUT2D eigenvalue weighted by molar-refractivity contribution is 5.18. The summed E-state index contributed by atoms with van der Waals surface area (Å²) < 4.78 is 38.2. The van der Waals surface area contributed by atoms with Crippen molar-refractivity contribution in [3.8, 4) is 0 Å². The van der Waals surface area contributed by atoms with Crippen LogP contribution in [0.4, 0.5) is 13.2 Å². The predicted molar refractivity (Wildman–Crippen MR) is 66.3 cm³/mol. The lowest BCUT2D eigenvalue weighted by molar-refractivity contribution is -0.183. The predicted octanol–water partition coefficient (Wildman–Crippen LogP) is 4.13. The smallest absolute Gasteiger partial charge is 0.310 e. The largest absolute Gasteiger partial charge is 0.391 e. The first kappa shape index (κ1) is 14.2. The highest BCUT2D eigenvalue weighted by atomic mass is 19.4. The van der Waals surface area contributed by atoms with Crippen LogP contribution in [0, 0.1) is 16.7 Å². The van der Waals surface area contributed by atoms with Gasteiger partial charge in [-0.2, -0.15) is 13.2 Å². The summed E-state index contributed by atoms with van der Waals surface area (Å²) in [5.41, 5.74) is 0.385. The van der Waals surface area contributed by atoms with Gasteiger partial charge in [0.1, 0.15) is 0 Å². The molecule has 18 heavy (non-hydrogen) atoms. The van der Waals surface area contributed by atoms with Gasteiger partial charge in [-0.3, -0.25) is 0 Å². The molecule has 2 rings (SSSR count). The summed E-state index contributed by atoms with van der Waals surface area (Å²) in [4.78, 5) is 0. The second kappa shape index (κ2) is 4.12. The van der Waals surface area contributed by atoms with E-state index in [9.17, 15) is 13.2 Å². The van der Waals surface area contributed by atoms with Crippen LogP contribution >= 0.6 is 0 Å². The minimum atomic E-state index is -4.02. The molecule has 0 amide bonds. The average molecular weight is 263 g/mol. The van der Waals surface area contributed by atoms with Gasteiger partial charge < -0.3 is 5.32 Å². The first-order chi connectivity index (χ1) is 8.07. The third-order valence-electron chi connectivity index (χ3n) is 5.56. The first-order valence-corrected chi connectivity index (χ1v) is 6.89. The Morgan fingerprint density at radius 3 is 2.00 bits per heavy atom. The van der Waals surface area contributed by atoms with E-state index in [2.05, 4.69) is 33.0 Å². The van der Waals surface area contributed by atoms with Gasteiger partial charge in [-0.1, -0.05) is 34.1 Å². The molecule has 0 spiro atoms. The van der Waals surface area contributed by atoms with Gasteiger partial charge in [0.2, 0.25) is 0 Å². The van der Waals surface area contributed by atoms with Crippen LogP contribution in [0.25, 0.3) is 0 Å². The molecule has 0 bridgehead atoms. The van der Waals surface area contributed by atoms with Gasteiger partial charge in [0.15, 0.2) is 0 Å². The molecule has 2 aliphatic rings. The number of alkyl halides is 3. The molecule has 0 aromatic heterocycles. The summed E-state index contributed by atoms with van der Waals surface area (Å²) in [5, 5.41) is 3.48. The fourth-order valence-corrected chi connectivity index (χ4v) is 3.49. The van der Waals surface area contributed by atoms with Crippen molar-refractivity contribution in [2.45, 2.75) is 71.6 Å². The fraction of sp³-hybridized carbons (Fsp3) is 1.00. The molecule has 0 aromatic rings. The molecule has 2 saturated carbocycles. The Labute approximate surface area is 108 Å². The molecular weight excluding hydrogens is 239 g/mol. The number of hydrogen-bond acceptors (Lipinski definition) is 1. The van der Waals surface area contributed by atoms with Crippen LogP contribution in [0.2, 0.25) is 0 Å². The summed E-state index contributed by atoms with van der Waals surface area (Å²) >= 11 is 0. The lowest BCUT2D eigenvalue weighted by Gasteiger charge is -2.31. The van der Waals surface area contributed by atoms with E-state index in [0.29, 0.717) is 18.9 Å². The van der Waals surface area contributed by atoms with E-state index in [1.807, 2.05) is 0 Å². The number of hydrogen-bond donors (Lipinski definition) is 1. The molecule has 2 unspecified atom stereocenters. The zero-order valence-electron chi connectivity index (χ0n) is 11.7. The van der Waals surface area contributed by atoms with Crippen molar-refractivity contribution in [2.24, 2.45) is 16.7 Å². The molecule has 1 N–H and O–H groups in total. The SMILES string of the molecule is CC1(C)C(NC2CCCC(C(F)(F)F)C2)C1(C)C. The molecular formula is C14H24F3N. The topological polar surface area (TPSA) is 12.0 Å². The second-order valence-electron chi connectivity index (χ2n) is 7.15. The van der Waals surface area contributed by atoms with E-state index in [0.717, 1.165) is 6.42 Å². The Kier molecular flexibility index (Phi) is 3.24. The number of nitrogens with one attached hydrogen (secondary N) is 1. The van der Waals surface area contributed by atoms with Crippen molar-refractivity contribution in [2.75, 3.05) is 0 Å². The van der Waals surface area contributed by atoms with E-state index in [1.54, 1.807) is 0 Å². The van der Waals surface area contributed by atoms with Gasteiger partial charge in [0, 0.05) is 12.1 Å². The maximum atomic E-state index is 12.7. The number of rotatable bonds is 2. The molecule has 2 atom stereocenters. The van der Waals surface area contributed by atoms with Crippen molar-refractivity contribution in [3.05, 3.63) is 0 Å². The summed E-state index contributed by atoms with van der Waals surface area (Å²) in [5.74, 6) is -1.10. The molecule has 106 valence electrons. The van der Waals surface area contributed by atoms with Gasteiger partial charge >= 0.3 is 6.18 Å². The minimum absolute atomic E-state index is 0.0384. The van der Waals surface area contributed by atoms with Gasteiger partial charge in [-0.05, 0) is 30.1 Å². The maximum Gasteiger partial charge on any atom is 0.391 e.